The second kappa shape index (κ2) is 5.14. The first kappa shape index (κ1) is 14.9. The van der Waals surface area contributed by atoms with Gasteiger partial charge in [-0.1, -0.05) is 15.9 Å². The van der Waals surface area contributed by atoms with Crippen molar-refractivity contribution in [1.82, 2.24) is 0 Å². The van der Waals surface area contributed by atoms with Gasteiger partial charge in [0.15, 0.2) is 9.84 Å². The first-order valence-electron chi connectivity index (χ1n) is 6.07. The van der Waals surface area contributed by atoms with Gasteiger partial charge in [0.25, 0.3) is 0 Å². The summed E-state index contributed by atoms with van der Waals surface area (Å²) in [7, 11) is -3.31. The highest BCUT2D eigenvalue weighted by atomic mass is 79.9. The van der Waals surface area contributed by atoms with E-state index in [2.05, 4.69) is 15.9 Å². The van der Waals surface area contributed by atoms with Crippen LogP contribution < -0.4 is 0 Å². The maximum atomic E-state index is 13.3. The molecule has 0 amide bonds. The van der Waals surface area contributed by atoms with Crippen LogP contribution >= 0.6 is 15.9 Å². The summed E-state index contributed by atoms with van der Waals surface area (Å²) in [4.78, 5) is 0. The lowest BCUT2D eigenvalue weighted by Crippen LogP contribution is -2.44. The van der Waals surface area contributed by atoms with Crippen LogP contribution in [0, 0.1) is 5.82 Å². The Morgan fingerprint density at radius 1 is 1.53 bits per heavy atom. The van der Waals surface area contributed by atoms with Gasteiger partial charge in [-0.05, 0) is 43.0 Å². The second-order valence-corrected chi connectivity index (χ2v) is 8.31. The molecule has 0 spiro atoms. The van der Waals surface area contributed by atoms with Crippen LogP contribution in [0.4, 0.5) is 4.39 Å². The first-order chi connectivity index (χ1) is 8.72. The minimum atomic E-state index is -3.31. The van der Waals surface area contributed by atoms with E-state index in [0.717, 1.165) is 6.26 Å². The molecular weight excluding hydrogens is 335 g/mol. The molecule has 1 aliphatic rings. The van der Waals surface area contributed by atoms with Crippen LogP contribution in [0.2, 0.25) is 0 Å². The molecule has 19 heavy (non-hydrogen) atoms. The maximum Gasteiger partial charge on any atom is 0.153 e. The molecule has 3 nitrogen and oxygen atoms in total. The molecule has 0 aliphatic heterocycles. The zero-order chi connectivity index (χ0) is 14.3. The van der Waals surface area contributed by atoms with Gasteiger partial charge in [-0.15, -0.1) is 0 Å². The molecule has 2 unspecified atom stereocenters. The molecule has 1 fully saturated rings. The SMILES string of the molecule is CS(=O)(=O)C1CCCC1(O)Cc1cc(F)ccc1Br. The number of halogens is 2. The normalized spacial score (nSPS) is 27.7. The molecule has 1 aromatic carbocycles. The van der Waals surface area contributed by atoms with E-state index in [4.69, 9.17) is 0 Å². The molecule has 1 N–H and O–H groups in total. The summed E-state index contributed by atoms with van der Waals surface area (Å²) in [6, 6.07) is 4.22. The van der Waals surface area contributed by atoms with E-state index < -0.39 is 26.5 Å². The van der Waals surface area contributed by atoms with Crippen LogP contribution in [0.3, 0.4) is 0 Å². The molecule has 0 radical (unpaired) electrons. The summed E-state index contributed by atoms with van der Waals surface area (Å²) in [5.74, 6) is -0.393. The monoisotopic (exact) mass is 350 g/mol. The molecule has 106 valence electrons. The summed E-state index contributed by atoms with van der Waals surface area (Å²) in [6.45, 7) is 0. The zero-order valence-electron chi connectivity index (χ0n) is 10.6. The van der Waals surface area contributed by atoms with Crippen molar-refractivity contribution in [2.24, 2.45) is 0 Å². The highest BCUT2D eigenvalue weighted by molar-refractivity contribution is 9.10. The first-order valence-corrected chi connectivity index (χ1v) is 8.82. The third-order valence-electron chi connectivity index (χ3n) is 3.70. The Labute approximate surface area is 120 Å². The van der Waals surface area contributed by atoms with E-state index in [9.17, 15) is 17.9 Å². The Bertz CT molecular complexity index is 588. The summed E-state index contributed by atoms with van der Waals surface area (Å²) in [5, 5.41) is 9.86. The Morgan fingerprint density at radius 3 is 2.84 bits per heavy atom. The molecule has 0 aromatic heterocycles. The summed E-state index contributed by atoms with van der Waals surface area (Å²) in [6.07, 6.45) is 2.84. The number of hydrogen-bond acceptors (Lipinski definition) is 3. The van der Waals surface area contributed by atoms with E-state index in [-0.39, 0.29) is 6.42 Å². The smallest absolute Gasteiger partial charge is 0.153 e. The Morgan fingerprint density at radius 2 is 2.21 bits per heavy atom. The minimum absolute atomic E-state index is 0.142. The van der Waals surface area contributed by atoms with Crippen molar-refractivity contribution >= 4 is 25.8 Å². The fourth-order valence-electron chi connectivity index (χ4n) is 2.85. The van der Waals surface area contributed by atoms with Crippen molar-refractivity contribution in [2.45, 2.75) is 36.5 Å². The lowest BCUT2D eigenvalue weighted by molar-refractivity contribution is 0.0510. The van der Waals surface area contributed by atoms with Crippen molar-refractivity contribution in [1.29, 1.82) is 0 Å². The predicted octanol–water partition coefficient (Wildman–Crippen LogP) is 2.46. The van der Waals surface area contributed by atoms with E-state index in [1.165, 1.54) is 12.1 Å². The highest BCUT2D eigenvalue weighted by Crippen LogP contribution is 2.38. The lowest BCUT2D eigenvalue weighted by Gasteiger charge is -2.29. The van der Waals surface area contributed by atoms with Crippen LogP contribution in [0.25, 0.3) is 0 Å². The standard InChI is InChI=1S/C13H16BrFO3S/c1-19(17,18)12-3-2-6-13(12,16)8-9-7-10(15)4-5-11(9)14/h4-5,7,12,16H,2-3,6,8H2,1H3. The predicted molar refractivity (Wildman–Crippen MR) is 75.2 cm³/mol. The maximum absolute atomic E-state index is 13.3. The zero-order valence-corrected chi connectivity index (χ0v) is 13.0. The fraction of sp³-hybridized carbons (Fsp3) is 0.538. The minimum Gasteiger partial charge on any atom is -0.388 e. The summed E-state index contributed by atoms with van der Waals surface area (Å²) in [5.41, 5.74) is -0.706. The van der Waals surface area contributed by atoms with Crippen LogP contribution in [0.15, 0.2) is 22.7 Å². The van der Waals surface area contributed by atoms with Crippen molar-refractivity contribution in [3.8, 4) is 0 Å². The quantitative estimate of drug-likeness (QED) is 0.910. The van der Waals surface area contributed by atoms with E-state index in [1.807, 2.05) is 0 Å². The third kappa shape index (κ3) is 3.17. The number of rotatable bonds is 3. The summed E-state index contributed by atoms with van der Waals surface area (Å²) < 4.78 is 37.4. The van der Waals surface area contributed by atoms with Crippen molar-refractivity contribution < 1.29 is 17.9 Å². The number of benzene rings is 1. The van der Waals surface area contributed by atoms with Gasteiger partial charge in [-0.2, -0.15) is 0 Å². The molecule has 1 aromatic rings. The van der Waals surface area contributed by atoms with Gasteiger partial charge in [0.1, 0.15) is 5.82 Å². The number of aliphatic hydroxyl groups is 1. The highest BCUT2D eigenvalue weighted by Gasteiger charge is 2.46. The Hall–Kier alpha value is -0.460. The van der Waals surface area contributed by atoms with Gasteiger partial charge < -0.3 is 5.11 Å². The van der Waals surface area contributed by atoms with Gasteiger partial charge >= 0.3 is 0 Å². The van der Waals surface area contributed by atoms with E-state index >= 15 is 0 Å². The van der Waals surface area contributed by atoms with Gasteiger partial charge in [0.05, 0.1) is 10.9 Å². The molecule has 1 saturated carbocycles. The fourth-order valence-corrected chi connectivity index (χ4v) is 4.83. The van der Waals surface area contributed by atoms with Crippen LogP contribution in [-0.4, -0.2) is 30.6 Å². The van der Waals surface area contributed by atoms with E-state index in [0.29, 0.717) is 29.3 Å². The Kier molecular flexibility index (Phi) is 4.05. The molecule has 6 heteroatoms. The number of hydrogen-bond donors (Lipinski definition) is 1. The second-order valence-electron chi connectivity index (χ2n) is 5.23. The largest absolute Gasteiger partial charge is 0.388 e. The molecule has 1 aliphatic carbocycles. The number of sulfone groups is 1. The average molecular weight is 351 g/mol. The van der Waals surface area contributed by atoms with Gasteiger partial charge in [-0.3, -0.25) is 0 Å². The molecule has 2 atom stereocenters. The van der Waals surface area contributed by atoms with Crippen LogP contribution in [0.5, 0.6) is 0 Å². The van der Waals surface area contributed by atoms with Crippen molar-refractivity contribution in [2.75, 3.05) is 6.26 Å². The average Bonchev–Trinajstić information content (AvgIpc) is 2.65. The van der Waals surface area contributed by atoms with Gasteiger partial charge in [0.2, 0.25) is 0 Å². The van der Waals surface area contributed by atoms with E-state index in [1.54, 1.807) is 6.07 Å². The molecule has 0 bridgehead atoms. The molecule has 0 heterocycles. The van der Waals surface area contributed by atoms with Crippen molar-refractivity contribution in [3.63, 3.8) is 0 Å². The van der Waals surface area contributed by atoms with Crippen LogP contribution in [-0.2, 0) is 16.3 Å². The van der Waals surface area contributed by atoms with Crippen LogP contribution in [0.1, 0.15) is 24.8 Å². The summed E-state index contributed by atoms with van der Waals surface area (Å²) >= 11 is 3.31. The van der Waals surface area contributed by atoms with Gasteiger partial charge in [-0.25, -0.2) is 12.8 Å². The van der Waals surface area contributed by atoms with Crippen molar-refractivity contribution in [3.05, 3.63) is 34.1 Å². The molecule has 2 rings (SSSR count). The Balaban J connectivity index is 2.33. The third-order valence-corrected chi connectivity index (χ3v) is 6.18. The topological polar surface area (TPSA) is 54.4 Å². The molecule has 0 saturated heterocycles. The lowest BCUT2D eigenvalue weighted by atomic mass is 9.92. The molecular formula is C13H16BrFO3S. The van der Waals surface area contributed by atoms with Gasteiger partial charge in [0, 0.05) is 17.1 Å².